The van der Waals surface area contributed by atoms with Crippen LogP contribution >= 0.6 is 0 Å². The molecular weight excluding hydrogens is 232 g/mol. The second-order valence-electron chi connectivity index (χ2n) is 3.68. The van der Waals surface area contributed by atoms with E-state index in [9.17, 15) is 4.79 Å². The Morgan fingerprint density at radius 3 is 1.89 bits per heavy atom. The Hall–Kier alpha value is -1.71. The minimum Gasteiger partial charge on any atom is -0.493 e. The minimum atomic E-state index is -0.362. The van der Waals surface area contributed by atoms with E-state index in [1.807, 2.05) is 20.8 Å². The number of carbonyl (C=O) groups excluding carboxylic acids is 1. The highest BCUT2D eigenvalue weighted by Gasteiger charge is 2.14. The maximum absolute atomic E-state index is 11.7. The van der Waals surface area contributed by atoms with Crippen molar-refractivity contribution in [3.8, 4) is 11.5 Å². The van der Waals surface area contributed by atoms with Gasteiger partial charge in [-0.1, -0.05) is 0 Å². The molecule has 1 rings (SSSR count). The van der Waals surface area contributed by atoms with Crippen molar-refractivity contribution in [3.05, 3.63) is 23.3 Å². The molecule has 4 nitrogen and oxygen atoms in total. The lowest BCUT2D eigenvalue weighted by Gasteiger charge is -2.14. The number of hydrogen-bond acceptors (Lipinski definition) is 4. The predicted molar refractivity (Wildman–Crippen MR) is 69.5 cm³/mol. The number of hydrogen-bond donors (Lipinski definition) is 0. The van der Waals surface area contributed by atoms with Gasteiger partial charge < -0.3 is 14.2 Å². The highest BCUT2D eigenvalue weighted by molar-refractivity contribution is 5.90. The van der Waals surface area contributed by atoms with Crippen molar-refractivity contribution in [1.82, 2.24) is 0 Å². The highest BCUT2D eigenvalue weighted by atomic mass is 16.5. The summed E-state index contributed by atoms with van der Waals surface area (Å²) in [5.74, 6) is 0.956. The molecule has 0 spiro atoms. The Balaban J connectivity index is 3.15. The molecule has 0 saturated heterocycles. The first kappa shape index (κ1) is 14.4. The van der Waals surface area contributed by atoms with E-state index in [-0.39, 0.29) is 5.97 Å². The number of ether oxygens (including phenoxy) is 3. The maximum atomic E-state index is 11.7. The van der Waals surface area contributed by atoms with E-state index >= 15 is 0 Å². The predicted octanol–water partition coefficient (Wildman–Crippen LogP) is 2.97. The minimum absolute atomic E-state index is 0.348. The van der Waals surface area contributed by atoms with Gasteiger partial charge in [0.15, 0.2) is 0 Å². The zero-order valence-electron chi connectivity index (χ0n) is 11.4. The molecule has 0 bridgehead atoms. The van der Waals surface area contributed by atoms with E-state index in [1.165, 1.54) is 0 Å². The standard InChI is InChI=1S/C14H20O4/c1-5-16-12-8-11(14(15)18-7-3)9-13(10(12)4)17-6-2/h8-9H,5-7H2,1-4H3. The summed E-state index contributed by atoms with van der Waals surface area (Å²) in [5.41, 5.74) is 1.35. The normalized spacial score (nSPS) is 10.0. The number of rotatable bonds is 6. The van der Waals surface area contributed by atoms with Crippen LogP contribution in [0.5, 0.6) is 11.5 Å². The summed E-state index contributed by atoms with van der Waals surface area (Å²) in [6, 6.07) is 3.39. The van der Waals surface area contributed by atoms with Crippen LogP contribution in [0.15, 0.2) is 12.1 Å². The van der Waals surface area contributed by atoms with Crippen molar-refractivity contribution >= 4 is 5.97 Å². The summed E-state index contributed by atoms with van der Waals surface area (Å²) in [4.78, 5) is 11.7. The Bertz CT molecular complexity index is 385. The van der Waals surface area contributed by atoms with Gasteiger partial charge in [-0.3, -0.25) is 0 Å². The van der Waals surface area contributed by atoms with E-state index in [0.717, 1.165) is 5.56 Å². The number of esters is 1. The first-order chi connectivity index (χ1) is 8.63. The second kappa shape index (κ2) is 6.89. The molecular formula is C14H20O4. The van der Waals surface area contributed by atoms with Gasteiger partial charge in [-0.25, -0.2) is 4.79 Å². The van der Waals surface area contributed by atoms with Gasteiger partial charge in [-0.05, 0) is 39.8 Å². The summed E-state index contributed by atoms with van der Waals surface area (Å²) < 4.78 is 16.0. The van der Waals surface area contributed by atoms with Crippen LogP contribution in [0.4, 0.5) is 0 Å². The Kier molecular flexibility index (Phi) is 5.49. The van der Waals surface area contributed by atoms with Gasteiger partial charge in [0.1, 0.15) is 11.5 Å². The molecule has 0 N–H and O–H groups in total. The Morgan fingerprint density at radius 2 is 1.50 bits per heavy atom. The van der Waals surface area contributed by atoms with Crippen molar-refractivity contribution in [1.29, 1.82) is 0 Å². The molecule has 0 radical (unpaired) electrons. The summed E-state index contributed by atoms with van der Waals surface area (Å²) in [6.07, 6.45) is 0. The first-order valence-electron chi connectivity index (χ1n) is 6.21. The highest BCUT2D eigenvalue weighted by Crippen LogP contribution is 2.30. The van der Waals surface area contributed by atoms with E-state index in [0.29, 0.717) is 36.9 Å². The van der Waals surface area contributed by atoms with Crippen molar-refractivity contribution < 1.29 is 19.0 Å². The molecule has 0 fully saturated rings. The molecule has 0 amide bonds. The summed E-state index contributed by atoms with van der Waals surface area (Å²) >= 11 is 0. The molecule has 0 aliphatic carbocycles. The summed E-state index contributed by atoms with van der Waals surface area (Å²) in [5, 5.41) is 0. The largest absolute Gasteiger partial charge is 0.493 e. The maximum Gasteiger partial charge on any atom is 0.338 e. The SMILES string of the molecule is CCOC(=O)c1cc(OCC)c(C)c(OCC)c1. The molecule has 0 unspecified atom stereocenters. The molecule has 100 valence electrons. The van der Waals surface area contributed by atoms with Gasteiger partial charge >= 0.3 is 5.97 Å². The zero-order chi connectivity index (χ0) is 13.5. The van der Waals surface area contributed by atoms with Crippen molar-refractivity contribution in [2.75, 3.05) is 19.8 Å². The molecule has 18 heavy (non-hydrogen) atoms. The summed E-state index contributed by atoms with van der Waals surface area (Å²) in [6.45, 7) is 8.91. The Labute approximate surface area is 108 Å². The van der Waals surface area contributed by atoms with Gasteiger partial charge in [0.05, 0.1) is 25.4 Å². The van der Waals surface area contributed by atoms with Crippen LogP contribution in [0.25, 0.3) is 0 Å². The molecule has 0 atom stereocenters. The lowest BCUT2D eigenvalue weighted by molar-refractivity contribution is 0.0525. The van der Waals surface area contributed by atoms with Crippen LogP contribution in [0.2, 0.25) is 0 Å². The van der Waals surface area contributed by atoms with Crippen LogP contribution in [-0.2, 0) is 4.74 Å². The summed E-state index contributed by atoms with van der Waals surface area (Å²) in [7, 11) is 0. The number of benzene rings is 1. The lowest BCUT2D eigenvalue weighted by atomic mass is 10.1. The molecule has 0 aliphatic rings. The third kappa shape index (κ3) is 3.39. The fourth-order valence-corrected chi connectivity index (χ4v) is 1.61. The fourth-order valence-electron chi connectivity index (χ4n) is 1.61. The average Bonchev–Trinajstić information content (AvgIpc) is 2.34. The van der Waals surface area contributed by atoms with Crippen LogP contribution in [0.1, 0.15) is 36.7 Å². The van der Waals surface area contributed by atoms with Gasteiger partial charge in [-0.2, -0.15) is 0 Å². The Morgan fingerprint density at radius 1 is 1.00 bits per heavy atom. The monoisotopic (exact) mass is 252 g/mol. The smallest absolute Gasteiger partial charge is 0.338 e. The van der Waals surface area contributed by atoms with Crippen molar-refractivity contribution in [2.24, 2.45) is 0 Å². The molecule has 4 heteroatoms. The topological polar surface area (TPSA) is 44.8 Å². The molecule has 0 aromatic heterocycles. The van der Waals surface area contributed by atoms with Gasteiger partial charge in [0, 0.05) is 5.56 Å². The molecule has 0 heterocycles. The van der Waals surface area contributed by atoms with Gasteiger partial charge in [0.25, 0.3) is 0 Å². The zero-order valence-corrected chi connectivity index (χ0v) is 11.4. The van der Waals surface area contributed by atoms with Crippen LogP contribution in [-0.4, -0.2) is 25.8 Å². The van der Waals surface area contributed by atoms with Gasteiger partial charge in [0.2, 0.25) is 0 Å². The van der Waals surface area contributed by atoms with Crippen molar-refractivity contribution in [3.63, 3.8) is 0 Å². The number of carbonyl (C=O) groups is 1. The lowest BCUT2D eigenvalue weighted by Crippen LogP contribution is -2.07. The molecule has 1 aromatic carbocycles. The van der Waals surface area contributed by atoms with E-state index in [4.69, 9.17) is 14.2 Å². The quantitative estimate of drug-likeness (QED) is 0.730. The average molecular weight is 252 g/mol. The second-order valence-corrected chi connectivity index (χ2v) is 3.68. The van der Waals surface area contributed by atoms with E-state index < -0.39 is 0 Å². The van der Waals surface area contributed by atoms with Crippen LogP contribution < -0.4 is 9.47 Å². The molecule has 1 aromatic rings. The van der Waals surface area contributed by atoms with Crippen LogP contribution in [0.3, 0.4) is 0 Å². The van der Waals surface area contributed by atoms with Gasteiger partial charge in [-0.15, -0.1) is 0 Å². The molecule has 0 saturated carbocycles. The molecule has 0 aliphatic heterocycles. The fraction of sp³-hybridized carbons (Fsp3) is 0.500. The van der Waals surface area contributed by atoms with Crippen molar-refractivity contribution in [2.45, 2.75) is 27.7 Å². The third-order valence-electron chi connectivity index (χ3n) is 2.42. The van der Waals surface area contributed by atoms with Crippen LogP contribution in [0, 0.1) is 6.92 Å². The van der Waals surface area contributed by atoms with E-state index in [2.05, 4.69) is 0 Å². The third-order valence-corrected chi connectivity index (χ3v) is 2.42. The first-order valence-corrected chi connectivity index (χ1v) is 6.21. The van der Waals surface area contributed by atoms with E-state index in [1.54, 1.807) is 19.1 Å².